The third kappa shape index (κ3) is 2.48. The van der Waals surface area contributed by atoms with E-state index in [1.54, 1.807) is 0 Å². The van der Waals surface area contributed by atoms with Crippen LogP contribution in [-0.4, -0.2) is 19.1 Å². The van der Waals surface area contributed by atoms with Crippen LogP contribution in [0.2, 0.25) is 12.1 Å². The van der Waals surface area contributed by atoms with Crippen molar-refractivity contribution < 1.29 is 0 Å². The standard InChI is InChI=1S/C6H15Cl2Si/c1-3-9(4-2,5-7)6-8/h9H,3-6H2,1-2H3/q-1. The van der Waals surface area contributed by atoms with Crippen molar-refractivity contribution in [2.24, 2.45) is 0 Å². The van der Waals surface area contributed by atoms with Crippen molar-refractivity contribution in [1.82, 2.24) is 0 Å². The van der Waals surface area contributed by atoms with Crippen molar-refractivity contribution in [1.29, 1.82) is 0 Å². The Kier molecular flexibility index (Phi) is 4.99. The molecule has 0 saturated heterocycles. The Morgan fingerprint density at radius 3 is 1.33 bits per heavy atom. The van der Waals surface area contributed by atoms with Crippen molar-refractivity contribution in [3.63, 3.8) is 0 Å². The van der Waals surface area contributed by atoms with Gasteiger partial charge in [0, 0.05) is 0 Å². The van der Waals surface area contributed by atoms with Crippen LogP contribution in [0.15, 0.2) is 0 Å². The molecule has 0 aliphatic heterocycles. The Morgan fingerprint density at radius 2 is 1.33 bits per heavy atom. The first kappa shape index (κ1) is 9.80. The molecule has 0 N–H and O–H groups in total. The molecule has 0 atom stereocenters. The molecule has 0 nitrogen and oxygen atoms in total. The summed E-state index contributed by atoms with van der Waals surface area (Å²) in [6.07, 6.45) is 0. The van der Waals surface area contributed by atoms with Gasteiger partial charge in [0.25, 0.3) is 0 Å². The number of halogens is 2. The molecule has 0 fully saturated rings. The zero-order valence-corrected chi connectivity index (χ0v) is 8.83. The van der Waals surface area contributed by atoms with E-state index in [4.69, 9.17) is 23.2 Å². The average Bonchev–Trinajstić information content (AvgIpc) is 1.95. The Bertz CT molecular complexity index is 53.9. The van der Waals surface area contributed by atoms with Crippen LogP contribution in [0.5, 0.6) is 0 Å². The fourth-order valence-electron chi connectivity index (χ4n) is 0.766. The van der Waals surface area contributed by atoms with E-state index in [-0.39, 0.29) is 0 Å². The van der Waals surface area contributed by atoms with E-state index in [9.17, 15) is 0 Å². The van der Waals surface area contributed by atoms with Crippen molar-refractivity contribution >= 4 is 31.3 Å². The molecule has 0 spiro atoms. The molecule has 0 radical (unpaired) electrons. The van der Waals surface area contributed by atoms with E-state index < -0.39 is 8.07 Å². The summed E-state index contributed by atoms with van der Waals surface area (Å²) in [4.78, 5) is 0. The van der Waals surface area contributed by atoms with Gasteiger partial charge in [0.05, 0.1) is 0 Å². The molecule has 0 aromatic rings. The normalized spacial score (nSPS) is 13.8. The zero-order chi connectivity index (χ0) is 7.33. The summed E-state index contributed by atoms with van der Waals surface area (Å²) < 4.78 is 0. The molecular formula is C6H15Cl2Si-. The summed E-state index contributed by atoms with van der Waals surface area (Å²) in [5.41, 5.74) is 1.70. The third-order valence-corrected chi connectivity index (χ3v) is 11.1. The van der Waals surface area contributed by atoms with Crippen LogP contribution in [0.1, 0.15) is 13.8 Å². The Hall–Kier alpha value is 0.797. The number of alkyl halides is 2. The second-order valence-corrected chi connectivity index (χ2v) is 10.4. The minimum atomic E-state index is -1.43. The first-order valence-corrected chi connectivity index (χ1v) is 7.92. The predicted octanol–water partition coefficient (Wildman–Crippen LogP) is 2.76. The van der Waals surface area contributed by atoms with Gasteiger partial charge in [0.15, 0.2) is 0 Å². The Labute approximate surface area is 68.6 Å². The van der Waals surface area contributed by atoms with Crippen molar-refractivity contribution in [2.45, 2.75) is 25.9 Å². The molecule has 0 saturated carbocycles. The van der Waals surface area contributed by atoms with E-state index in [1.165, 1.54) is 12.1 Å². The van der Waals surface area contributed by atoms with Gasteiger partial charge < -0.3 is 0 Å². The molecule has 3 heteroatoms. The molecule has 9 heavy (non-hydrogen) atoms. The number of hydrogen-bond acceptors (Lipinski definition) is 0. The van der Waals surface area contributed by atoms with E-state index in [0.717, 1.165) is 11.0 Å². The SMILES string of the molecule is CC[SiH-](CC)(CCl)CCl. The summed E-state index contributed by atoms with van der Waals surface area (Å²) in [5.74, 6) is 0. The van der Waals surface area contributed by atoms with Crippen LogP contribution < -0.4 is 0 Å². The maximum atomic E-state index is 5.81. The van der Waals surface area contributed by atoms with Crippen molar-refractivity contribution in [3.05, 3.63) is 0 Å². The van der Waals surface area contributed by atoms with Gasteiger partial charge in [-0.3, -0.25) is 0 Å². The average molecular weight is 186 g/mol. The topological polar surface area (TPSA) is 0 Å². The molecular weight excluding hydrogens is 171 g/mol. The van der Waals surface area contributed by atoms with Crippen LogP contribution >= 0.6 is 23.2 Å². The minimum absolute atomic E-state index is 0.851. The molecule has 0 aliphatic carbocycles. The van der Waals surface area contributed by atoms with Gasteiger partial charge in [-0.1, -0.05) is 0 Å². The summed E-state index contributed by atoms with van der Waals surface area (Å²) in [7, 11) is -1.43. The zero-order valence-electron chi connectivity index (χ0n) is 6.16. The molecule has 0 aromatic carbocycles. The molecule has 0 unspecified atom stereocenters. The van der Waals surface area contributed by atoms with Crippen LogP contribution in [0.25, 0.3) is 0 Å². The Morgan fingerprint density at radius 1 is 1.00 bits per heavy atom. The van der Waals surface area contributed by atoms with E-state index >= 15 is 0 Å². The van der Waals surface area contributed by atoms with Crippen LogP contribution in [0, 0.1) is 0 Å². The molecule has 0 aliphatic rings. The first-order chi connectivity index (χ1) is 4.24. The third-order valence-electron chi connectivity index (χ3n) is 2.39. The van der Waals surface area contributed by atoms with Crippen molar-refractivity contribution in [2.75, 3.05) is 11.0 Å². The fourth-order valence-corrected chi connectivity index (χ4v) is 5.91. The summed E-state index contributed by atoms with van der Waals surface area (Å²) in [5, 5.41) is 0. The van der Waals surface area contributed by atoms with E-state index in [0.29, 0.717) is 0 Å². The van der Waals surface area contributed by atoms with Crippen LogP contribution in [-0.2, 0) is 0 Å². The summed E-state index contributed by atoms with van der Waals surface area (Å²) in [6, 6.07) is 2.49. The van der Waals surface area contributed by atoms with Crippen LogP contribution in [0.3, 0.4) is 0 Å². The van der Waals surface area contributed by atoms with Gasteiger partial charge in [-0.15, -0.1) is 0 Å². The molecule has 0 rings (SSSR count). The van der Waals surface area contributed by atoms with Crippen molar-refractivity contribution in [3.8, 4) is 0 Å². The Balaban J connectivity index is 3.82. The summed E-state index contributed by atoms with van der Waals surface area (Å²) in [6.45, 7) is 4.41. The second-order valence-electron chi connectivity index (χ2n) is 2.86. The van der Waals surface area contributed by atoms with Gasteiger partial charge in [0.1, 0.15) is 0 Å². The quantitative estimate of drug-likeness (QED) is 0.467. The summed E-state index contributed by atoms with van der Waals surface area (Å²) >= 11 is 11.6. The maximum absolute atomic E-state index is 5.81. The van der Waals surface area contributed by atoms with Gasteiger partial charge in [-0.2, -0.15) is 0 Å². The monoisotopic (exact) mass is 185 g/mol. The van der Waals surface area contributed by atoms with Gasteiger partial charge in [0.2, 0.25) is 0 Å². The fraction of sp³-hybridized carbons (Fsp3) is 1.00. The predicted molar refractivity (Wildman–Crippen MR) is 49.6 cm³/mol. The molecule has 0 bridgehead atoms. The van der Waals surface area contributed by atoms with E-state index in [1.807, 2.05) is 0 Å². The van der Waals surface area contributed by atoms with Gasteiger partial charge in [-0.05, 0) is 0 Å². The first-order valence-electron chi connectivity index (χ1n) is 3.58. The number of rotatable bonds is 4. The molecule has 58 valence electrons. The molecule has 0 aromatic heterocycles. The van der Waals surface area contributed by atoms with Gasteiger partial charge in [-0.25, -0.2) is 0 Å². The molecule has 0 amide bonds. The van der Waals surface area contributed by atoms with Crippen LogP contribution in [0.4, 0.5) is 0 Å². The van der Waals surface area contributed by atoms with E-state index in [2.05, 4.69) is 13.8 Å². The molecule has 0 heterocycles. The van der Waals surface area contributed by atoms with Gasteiger partial charge >= 0.3 is 68.2 Å². The second kappa shape index (κ2) is 4.59. The number of hydrogen-bond donors (Lipinski definition) is 0.